The molecule has 0 saturated carbocycles. The second-order valence-electron chi connectivity index (χ2n) is 3.33. The second kappa shape index (κ2) is 4.14. The standard InChI is InChI=1S/C11H10N2O3/c1-16-11(15)4-9-6-13-5-8(7-14)2-3-10(13)12-9/h2-3,5-7H,4H2,1H3. The van der Waals surface area contributed by atoms with E-state index >= 15 is 0 Å². The van der Waals surface area contributed by atoms with Crippen molar-refractivity contribution < 1.29 is 14.3 Å². The summed E-state index contributed by atoms with van der Waals surface area (Å²) in [6.45, 7) is 0. The minimum atomic E-state index is -0.334. The molecule has 0 bridgehead atoms. The van der Waals surface area contributed by atoms with E-state index in [1.54, 1.807) is 28.9 Å². The lowest BCUT2D eigenvalue weighted by atomic mass is 10.3. The quantitative estimate of drug-likeness (QED) is 0.566. The number of rotatable bonds is 3. The van der Waals surface area contributed by atoms with Gasteiger partial charge in [0.15, 0.2) is 6.29 Å². The molecule has 0 aromatic carbocycles. The number of hydrogen-bond donors (Lipinski definition) is 0. The zero-order valence-electron chi connectivity index (χ0n) is 8.71. The molecule has 0 amide bonds. The number of fused-ring (bicyclic) bond motifs is 1. The number of imidazole rings is 1. The molecule has 0 fully saturated rings. The van der Waals surface area contributed by atoms with Gasteiger partial charge < -0.3 is 9.14 Å². The summed E-state index contributed by atoms with van der Waals surface area (Å²) in [7, 11) is 1.34. The first-order valence-corrected chi connectivity index (χ1v) is 4.72. The van der Waals surface area contributed by atoms with Gasteiger partial charge in [-0.25, -0.2) is 4.98 Å². The van der Waals surface area contributed by atoms with Crippen molar-refractivity contribution >= 4 is 17.9 Å². The van der Waals surface area contributed by atoms with Gasteiger partial charge in [-0.05, 0) is 12.1 Å². The Bertz CT molecular complexity index is 545. The SMILES string of the molecule is COC(=O)Cc1cn2cc(C=O)ccc2n1. The number of carbonyl (C=O) groups excluding carboxylic acids is 2. The van der Waals surface area contributed by atoms with Crippen molar-refractivity contribution in [3.05, 3.63) is 35.8 Å². The largest absolute Gasteiger partial charge is 0.469 e. The zero-order chi connectivity index (χ0) is 11.5. The predicted molar refractivity (Wildman–Crippen MR) is 56.3 cm³/mol. The molecule has 0 unspecified atom stereocenters. The number of aromatic nitrogens is 2. The fourth-order valence-corrected chi connectivity index (χ4v) is 1.44. The molecule has 0 aliphatic heterocycles. The Hall–Kier alpha value is -2.17. The van der Waals surface area contributed by atoms with Crippen molar-refractivity contribution in [2.24, 2.45) is 0 Å². The van der Waals surface area contributed by atoms with Gasteiger partial charge in [-0.15, -0.1) is 0 Å². The number of methoxy groups -OCH3 is 1. The van der Waals surface area contributed by atoms with E-state index in [9.17, 15) is 9.59 Å². The third kappa shape index (κ3) is 1.93. The third-order valence-electron chi connectivity index (χ3n) is 2.21. The summed E-state index contributed by atoms with van der Waals surface area (Å²) in [5.41, 5.74) is 1.88. The Kier molecular flexibility index (Phi) is 2.68. The summed E-state index contributed by atoms with van der Waals surface area (Å²) in [5, 5.41) is 0. The smallest absolute Gasteiger partial charge is 0.311 e. The average Bonchev–Trinajstić information content (AvgIpc) is 2.69. The van der Waals surface area contributed by atoms with Gasteiger partial charge in [-0.1, -0.05) is 0 Å². The molecule has 2 aromatic rings. The maximum Gasteiger partial charge on any atom is 0.311 e. The summed E-state index contributed by atoms with van der Waals surface area (Å²) >= 11 is 0. The van der Waals surface area contributed by atoms with Crippen LogP contribution in [0.25, 0.3) is 5.65 Å². The summed E-state index contributed by atoms with van der Waals surface area (Å²) in [4.78, 5) is 25.8. The monoisotopic (exact) mass is 218 g/mol. The van der Waals surface area contributed by atoms with Crippen LogP contribution < -0.4 is 0 Å². The van der Waals surface area contributed by atoms with Gasteiger partial charge in [0.25, 0.3) is 0 Å². The van der Waals surface area contributed by atoms with E-state index in [4.69, 9.17) is 0 Å². The Morgan fingerprint density at radius 3 is 3.00 bits per heavy atom. The van der Waals surface area contributed by atoms with Crippen molar-refractivity contribution in [1.82, 2.24) is 9.38 Å². The van der Waals surface area contributed by atoms with Gasteiger partial charge in [0.05, 0.1) is 19.2 Å². The summed E-state index contributed by atoms with van der Waals surface area (Å²) in [5.74, 6) is -0.334. The lowest BCUT2D eigenvalue weighted by Crippen LogP contribution is -2.04. The van der Waals surface area contributed by atoms with Crippen molar-refractivity contribution in [3.63, 3.8) is 0 Å². The van der Waals surface area contributed by atoms with E-state index < -0.39 is 0 Å². The van der Waals surface area contributed by atoms with Gasteiger partial charge in [-0.2, -0.15) is 0 Å². The van der Waals surface area contributed by atoms with Crippen LogP contribution in [-0.4, -0.2) is 28.7 Å². The number of hydrogen-bond acceptors (Lipinski definition) is 4. The van der Waals surface area contributed by atoms with Crippen LogP contribution in [0.5, 0.6) is 0 Å². The summed E-state index contributed by atoms with van der Waals surface area (Å²) in [6, 6.07) is 3.40. The Labute approximate surface area is 91.7 Å². The highest BCUT2D eigenvalue weighted by molar-refractivity contribution is 5.75. The Morgan fingerprint density at radius 2 is 2.31 bits per heavy atom. The molecule has 0 spiro atoms. The van der Waals surface area contributed by atoms with Crippen LogP contribution in [0.4, 0.5) is 0 Å². The first kappa shape index (κ1) is 10.4. The minimum Gasteiger partial charge on any atom is -0.469 e. The molecule has 0 saturated heterocycles. The van der Waals surface area contributed by atoms with Gasteiger partial charge in [0.1, 0.15) is 5.65 Å². The third-order valence-corrected chi connectivity index (χ3v) is 2.21. The number of pyridine rings is 1. The maximum atomic E-state index is 11.1. The Balaban J connectivity index is 2.36. The van der Waals surface area contributed by atoms with Gasteiger partial charge in [0.2, 0.25) is 0 Å². The molecule has 0 N–H and O–H groups in total. The molecule has 5 heteroatoms. The molecular weight excluding hydrogens is 208 g/mol. The van der Waals surface area contributed by atoms with Crippen LogP contribution in [-0.2, 0) is 16.0 Å². The molecule has 2 aromatic heterocycles. The molecular formula is C11H10N2O3. The van der Waals surface area contributed by atoms with Crippen molar-refractivity contribution in [2.75, 3.05) is 7.11 Å². The predicted octanol–water partition coefficient (Wildman–Crippen LogP) is 0.862. The molecule has 0 aliphatic carbocycles. The minimum absolute atomic E-state index is 0.134. The van der Waals surface area contributed by atoms with Crippen molar-refractivity contribution in [1.29, 1.82) is 0 Å². The fraction of sp³-hybridized carbons (Fsp3) is 0.182. The number of ether oxygens (including phenoxy) is 1. The van der Waals surface area contributed by atoms with E-state index in [1.165, 1.54) is 7.11 Å². The molecule has 0 radical (unpaired) electrons. The normalized spacial score (nSPS) is 10.3. The van der Waals surface area contributed by atoms with E-state index in [0.717, 1.165) is 6.29 Å². The van der Waals surface area contributed by atoms with Gasteiger partial charge in [0, 0.05) is 18.0 Å². The maximum absolute atomic E-state index is 11.1. The van der Waals surface area contributed by atoms with E-state index in [2.05, 4.69) is 9.72 Å². The van der Waals surface area contributed by atoms with Crippen molar-refractivity contribution in [2.45, 2.75) is 6.42 Å². The number of carbonyl (C=O) groups is 2. The molecule has 2 heterocycles. The first-order valence-electron chi connectivity index (χ1n) is 4.72. The molecule has 16 heavy (non-hydrogen) atoms. The number of nitrogens with zero attached hydrogens (tertiary/aromatic N) is 2. The van der Waals surface area contributed by atoms with E-state index in [1.807, 2.05) is 0 Å². The summed E-state index contributed by atoms with van der Waals surface area (Å²) in [6.07, 6.45) is 4.27. The molecule has 0 atom stereocenters. The lowest BCUT2D eigenvalue weighted by molar-refractivity contribution is -0.139. The van der Waals surface area contributed by atoms with Crippen LogP contribution in [0.2, 0.25) is 0 Å². The zero-order valence-corrected chi connectivity index (χ0v) is 8.71. The molecule has 5 nitrogen and oxygen atoms in total. The van der Waals surface area contributed by atoms with Crippen molar-refractivity contribution in [3.8, 4) is 0 Å². The average molecular weight is 218 g/mol. The van der Waals surface area contributed by atoms with Crippen LogP contribution in [0.15, 0.2) is 24.5 Å². The highest BCUT2D eigenvalue weighted by Crippen LogP contribution is 2.07. The lowest BCUT2D eigenvalue weighted by Gasteiger charge is -1.93. The fourth-order valence-electron chi connectivity index (χ4n) is 1.44. The highest BCUT2D eigenvalue weighted by atomic mass is 16.5. The molecule has 0 aliphatic rings. The van der Waals surface area contributed by atoms with Gasteiger partial charge >= 0.3 is 5.97 Å². The number of aldehydes is 1. The molecule has 2 rings (SSSR count). The highest BCUT2D eigenvalue weighted by Gasteiger charge is 2.07. The van der Waals surface area contributed by atoms with Crippen LogP contribution in [0.1, 0.15) is 16.1 Å². The van der Waals surface area contributed by atoms with E-state index in [0.29, 0.717) is 16.9 Å². The Morgan fingerprint density at radius 1 is 1.50 bits per heavy atom. The van der Waals surface area contributed by atoms with Crippen LogP contribution >= 0.6 is 0 Å². The molecule has 82 valence electrons. The first-order chi connectivity index (χ1) is 7.72. The topological polar surface area (TPSA) is 60.7 Å². The second-order valence-corrected chi connectivity index (χ2v) is 3.33. The van der Waals surface area contributed by atoms with E-state index in [-0.39, 0.29) is 12.4 Å². The van der Waals surface area contributed by atoms with Crippen LogP contribution in [0.3, 0.4) is 0 Å². The van der Waals surface area contributed by atoms with Crippen LogP contribution in [0, 0.1) is 0 Å². The van der Waals surface area contributed by atoms with Gasteiger partial charge in [-0.3, -0.25) is 9.59 Å². The number of esters is 1. The summed E-state index contributed by atoms with van der Waals surface area (Å²) < 4.78 is 6.26.